The van der Waals surface area contributed by atoms with Gasteiger partial charge in [0.05, 0.1) is 11.9 Å². The number of hydrogen-bond acceptors (Lipinski definition) is 4. The van der Waals surface area contributed by atoms with Crippen molar-refractivity contribution in [3.63, 3.8) is 0 Å². The molecule has 0 unspecified atom stereocenters. The monoisotopic (exact) mass is 306 g/mol. The van der Waals surface area contributed by atoms with Crippen molar-refractivity contribution in [1.82, 2.24) is 0 Å². The van der Waals surface area contributed by atoms with Gasteiger partial charge in [-0.2, -0.15) is 0 Å². The quantitative estimate of drug-likeness (QED) is 0.617. The second kappa shape index (κ2) is 5.72. The van der Waals surface area contributed by atoms with Crippen LogP contribution in [0.5, 0.6) is 0 Å². The fourth-order valence-electron chi connectivity index (χ4n) is 3.14. The van der Waals surface area contributed by atoms with E-state index in [-0.39, 0.29) is 11.1 Å². The Labute approximate surface area is 133 Å². The van der Waals surface area contributed by atoms with Crippen molar-refractivity contribution >= 4 is 28.8 Å². The van der Waals surface area contributed by atoms with Crippen molar-refractivity contribution in [2.45, 2.75) is 19.8 Å². The molecule has 2 aromatic carbocycles. The first-order chi connectivity index (χ1) is 11.0. The number of aryl methyl sites for hydroxylation is 2. The Bertz CT molecular complexity index is 877. The minimum absolute atomic E-state index is 0.0910. The summed E-state index contributed by atoms with van der Waals surface area (Å²) in [5.74, 6) is -2.85. The van der Waals surface area contributed by atoms with Crippen LogP contribution in [-0.4, -0.2) is 11.9 Å². The highest BCUT2D eigenvalue weighted by molar-refractivity contribution is 6.02. The first kappa shape index (κ1) is 15.0. The molecule has 1 aliphatic rings. The Kier molecular flexibility index (Phi) is 3.74. The molecular weight excluding hydrogens is 292 g/mol. The van der Waals surface area contributed by atoms with Gasteiger partial charge in [0, 0.05) is 5.57 Å². The maximum absolute atomic E-state index is 11.4. The average Bonchev–Trinajstić information content (AvgIpc) is 2.90. The Morgan fingerprint density at radius 3 is 2.39 bits per heavy atom. The van der Waals surface area contributed by atoms with E-state index in [0.29, 0.717) is 0 Å². The van der Waals surface area contributed by atoms with E-state index in [2.05, 4.69) is 6.07 Å². The second-order valence-corrected chi connectivity index (χ2v) is 5.65. The zero-order valence-electron chi connectivity index (χ0n) is 12.6. The van der Waals surface area contributed by atoms with Crippen molar-refractivity contribution in [2.75, 3.05) is 0 Å². The lowest BCUT2D eigenvalue weighted by Gasteiger charge is -2.12. The van der Waals surface area contributed by atoms with Gasteiger partial charge in [0.2, 0.25) is 0 Å². The van der Waals surface area contributed by atoms with E-state index in [1.165, 1.54) is 29.5 Å². The highest BCUT2D eigenvalue weighted by atomic mass is 16.4. The number of benzene rings is 2. The number of carboxylic acids is 2. The van der Waals surface area contributed by atoms with Crippen LogP contribution in [0.4, 0.5) is 0 Å². The molecule has 0 amide bonds. The molecule has 2 aromatic rings. The molecule has 0 spiro atoms. The lowest BCUT2D eigenvalue weighted by atomic mass is 9.97. The number of aliphatic carboxylic acids is 2. The summed E-state index contributed by atoms with van der Waals surface area (Å²) in [6.07, 6.45) is 4.20. The summed E-state index contributed by atoms with van der Waals surface area (Å²) in [5.41, 5.74) is 3.17. The smallest absolute Gasteiger partial charge is 0.0718 e. The molecule has 0 fully saturated rings. The fraction of sp³-hybridized carbons (Fsp3) is 0.158. The summed E-state index contributed by atoms with van der Waals surface area (Å²) in [5, 5.41) is 24.2. The van der Waals surface area contributed by atoms with Crippen LogP contribution >= 0.6 is 0 Å². The first-order valence-electron chi connectivity index (χ1n) is 7.33. The Morgan fingerprint density at radius 1 is 1.04 bits per heavy atom. The van der Waals surface area contributed by atoms with Crippen LogP contribution in [0.15, 0.2) is 47.6 Å². The van der Waals surface area contributed by atoms with E-state index >= 15 is 0 Å². The van der Waals surface area contributed by atoms with E-state index in [4.69, 9.17) is 0 Å². The third-order valence-electron chi connectivity index (χ3n) is 4.19. The molecule has 0 aromatic heterocycles. The van der Waals surface area contributed by atoms with E-state index in [0.717, 1.165) is 29.9 Å². The van der Waals surface area contributed by atoms with Gasteiger partial charge in [0.15, 0.2) is 0 Å². The molecule has 4 nitrogen and oxygen atoms in total. The van der Waals surface area contributed by atoms with Gasteiger partial charge in [-0.1, -0.05) is 30.3 Å². The third kappa shape index (κ3) is 2.75. The summed E-state index contributed by atoms with van der Waals surface area (Å²) in [4.78, 5) is 22.0. The first-order valence-corrected chi connectivity index (χ1v) is 7.33. The van der Waals surface area contributed by atoms with Crippen LogP contribution < -0.4 is 10.2 Å². The number of carbonyl (C=O) groups excluding carboxylic acids is 2. The van der Waals surface area contributed by atoms with Gasteiger partial charge >= 0.3 is 0 Å². The zero-order valence-corrected chi connectivity index (χ0v) is 12.6. The molecule has 0 aliphatic heterocycles. The van der Waals surface area contributed by atoms with E-state index in [9.17, 15) is 19.8 Å². The Morgan fingerprint density at radius 2 is 1.74 bits per heavy atom. The molecule has 0 N–H and O–H groups in total. The van der Waals surface area contributed by atoms with Gasteiger partial charge in [-0.15, -0.1) is 0 Å². The van der Waals surface area contributed by atoms with Gasteiger partial charge in [0.25, 0.3) is 0 Å². The minimum Gasteiger partial charge on any atom is -0.545 e. The van der Waals surface area contributed by atoms with Crippen LogP contribution in [0, 0.1) is 0 Å². The maximum atomic E-state index is 11.4. The van der Waals surface area contributed by atoms with Gasteiger partial charge < -0.3 is 19.8 Å². The van der Waals surface area contributed by atoms with E-state index < -0.39 is 11.9 Å². The van der Waals surface area contributed by atoms with Crippen LogP contribution in [0.3, 0.4) is 0 Å². The van der Waals surface area contributed by atoms with Crippen LogP contribution in [0.2, 0.25) is 0 Å². The van der Waals surface area contributed by atoms with Crippen molar-refractivity contribution in [2.24, 2.45) is 0 Å². The molecule has 3 rings (SSSR count). The fourth-order valence-corrected chi connectivity index (χ4v) is 3.14. The Balaban J connectivity index is 2.20. The maximum Gasteiger partial charge on any atom is 0.0718 e. The molecule has 0 saturated heterocycles. The second-order valence-electron chi connectivity index (χ2n) is 5.65. The van der Waals surface area contributed by atoms with Crippen molar-refractivity contribution in [1.29, 1.82) is 0 Å². The van der Waals surface area contributed by atoms with Crippen LogP contribution in [0.25, 0.3) is 16.8 Å². The molecule has 0 saturated carbocycles. The third-order valence-corrected chi connectivity index (χ3v) is 4.19. The molecule has 0 radical (unpaired) electrons. The predicted molar refractivity (Wildman–Crippen MR) is 83.1 cm³/mol. The SMILES string of the molecule is CC(=C\C(=O)[O-])/C(=C\c1ccc2c3c(cccc13)CC2)C(=O)[O-]. The molecular formula is C19H14O4-2. The summed E-state index contributed by atoms with van der Waals surface area (Å²) in [7, 11) is 0. The molecule has 0 heterocycles. The standard InChI is InChI=1S/C19H16O4/c1-11(9-17(20)21)16(19(22)23)10-14-8-7-13-6-5-12-3-2-4-15(14)18(12)13/h2-4,7-10H,5-6H2,1H3,(H,20,21)(H,22,23)/p-2/b11-9+,16-10+. The van der Waals surface area contributed by atoms with Crippen molar-refractivity contribution in [3.05, 3.63) is 64.2 Å². The van der Waals surface area contributed by atoms with Crippen LogP contribution in [-0.2, 0) is 22.4 Å². The minimum atomic E-state index is -1.44. The highest BCUT2D eigenvalue weighted by Crippen LogP contribution is 2.33. The van der Waals surface area contributed by atoms with Gasteiger partial charge in [-0.3, -0.25) is 0 Å². The van der Waals surface area contributed by atoms with Crippen molar-refractivity contribution in [3.8, 4) is 0 Å². The number of hydrogen-bond donors (Lipinski definition) is 0. The van der Waals surface area contributed by atoms with Gasteiger partial charge in [0.1, 0.15) is 0 Å². The lowest BCUT2D eigenvalue weighted by molar-refractivity contribution is -0.298. The largest absolute Gasteiger partial charge is 0.545 e. The summed E-state index contributed by atoms with van der Waals surface area (Å²) in [6.45, 7) is 1.41. The van der Waals surface area contributed by atoms with Crippen LogP contribution in [0.1, 0.15) is 23.6 Å². The normalized spacial score (nSPS) is 14.3. The topological polar surface area (TPSA) is 80.3 Å². The molecule has 0 atom stereocenters. The van der Waals surface area contributed by atoms with Crippen molar-refractivity contribution < 1.29 is 19.8 Å². The lowest BCUT2D eigenvalue weighted by Crippen LogP contribution is -2.26. The molecule has 116 valence electrons. The number of rotatable bonds is 4. The average molecular weight is 306 g/mol. The van der Waals surface area contributed by atoms with Gasteiger partial charge in [-0.05, 0) is 65.0 Å². The number of carbonyl (C=O) groups is 2. The zero-order chi connectivity index (χ0) is 16.6. The predicted octanol–water partition coefficient (Wildman–Crippen LogP) is 0.768. The molecule has 4 heteroatoms. The molecule has 0 bridgehead atoms. The van der Waals surface area contributed by atoms with E-state index in [1.54, 1.807) is 0 Å². The molecule has 1 aliphatic carbocycles. The summed E-state index contributed by atoms with van der Waals surface area (Å²) < 4.78 is 0. The van der Waals surface area contributed by atoms with E-state index in [1.807, 2.05) is 24.3 Å². The summed E-state index contributed by atoms with van der Waals surface area (Å²) >= 11 is 0. The van der Waals surface area contributed by atoms with Gasteiger partial charge in [-0.25, -0.2) is 0 Å². The summed E-state index contributed by atoms with van der Waals surface area (Å²) in [6, 6.07) is 9.83. The molecule has 23 heavy (non-hydrogen) atoms. The highest BCUT2D eigenvalue weighted by Gasteiger charge is 2.15. The number of carboxylic acid groups (broad SMARTS) is 2. The Hall–Kier alpha value is -2.88.